The second-order valence-electron chi connectivity index (χ2n) is 5.91. The SMILES string of the molecule is Cc1nn(C)c2ncnc(N3CCN(c4ccccc4)CC3)c12. The average Bonchev–Trinajstić information content (AvgIpc) is 2.90. The Balaban J connectivity index is 1.60. The second kappa shape index (κ2) is 5.53. The van der Waals surface area contributed by atoms with Crippen molar-refractivity contribution in [3.63, 3.8) is 0 Å². The molecule has 23 heavy (non-hydrogen) atoms. The first-order chi connectivity index (χ1) is 11.2. The standard InChI is InChI=1S/C17H20N6/c1-13-15-16(21(2)20-13)18-12-19-17(15)23-10-8-22(9-11-23)14-6-4-3-5-7-14/h3-7,12H,8-11H2,1-2H3. The van der Waals surface area contributed by atoms with Gasteiger partial charge >= 0.3 is 0 Å². The summed E-state index contributed by atoms with van der Waals surface area (Å²) in [4.78, 5) is 13.7. The van der Waals surface area contributed by atoms with Crippen LogP contribution in [-0.4, -0.2) is 45.9 Å². The summed E-state index contributed by atoms with van der Waals surface area (Å²) in [6.45, 7) is 5.92. The van der Waals surface area contributed by atoms with Gasteiger partial charge in [-0.2, -0.15) is 5.10 Å². The van der Waals surface area contributed by atoms with Crippen LogP contribution in [0.5, 0.6) is 0 Å². The number of piperazine rings is 1. The van der Waals surface area contributed by atoms with Crippen molar-refractivity contribution in [1.29, 1.82) is 0 Å². The normalized spacial score (nSPS) is 15.4. The fourth-order valence-electron chi connectivity index (χ4n) is 3.31. The molecule has 4 rings (SSSR count). The van der Waals surface area contributed by atoms with Crippen LogP contribution in [0.1, 0.15) is 5.69 Å². The molecule has 3 heterocycles. The van der Waals surface area contributed by atoms with Gasteiger partial charge in [0, 0.05) is 38.9 Å². The third-order valence-corrected chi connectivity index (χ3v) is 4.48. The first kappa shape index (κ1) is 14.0. The smallest absolute Gasteiger partial charge is 0.163 e. The Hall–Kier alpha value is -2.63. The van der Waals surface area contributed by atoms with Crippen LogP contribution in [0, 0.1) is 6.92 Å². The Kier molecular flexibility index (Phi) is 3.37. The van der Waals surface area contributed by atoms with Crippen LogP contribution in [0.15, 0.2) is 36.7 Å². The summed E-state index contributed by atoms with van der Waals surface area (Å²) in [5.74, 6) is 1.01. The van der Waals surface area contributed by atoms with Crippen molar-refractivity contribution < 1.29 is 0 Å². The van der Waals surface area contributed by atoms with Crippen molar-refractivity contribution in [2.45, 2.75) is 6.92 Å². The fraction of sp³-hybridized carbons (Fsp3) is 0.353. The van der Waals surface area contributed by atoms with Gasteiger partial charge in [-0.1, -0.05) is 18.2 Å². The van der Waals surface area contributed by atoms with E-state index in [2.05, 4.69) is 55.2 Å². The van der Waals surface area contributed by atoms with E-state index in [1.807, 2.05) is 18.7 Å². The molecule has 0 aliphatic carbocycles. The van der Waals surface area contributed by atoms with E-state index in [0.29, 0.717) is 0 Å². The molecule has 0 saturated carbocycles. The average molecular weight is 308 g/mol. The van der Waals surface area contributed by atoms with Crippen LogP contribution < -0.4 is 9.80 Å². The highest BCUT2D eigenvalue weighted by Gasteiger charge is 2.22. The highest BCUT2D eigenvalue weighted by Crippen LogP contribution is 2.27. The maximum Gasteiger partial charge on any atom is 0.163 e. The molecule has 0 amide bonds. The van der Waals surface area contributed by atoms with Gasteiger partial charge in [0.1, 0.15) is 12.1 Å². The molecule has 1 fully saturated rings. The van der Waals surface area contributed by atoms with E-state index in [1.54, 1.807) is 6.33 Å². The molecule has 2 aromatic heterocycles. The number of hydrogen-bond donors (Lipinski definition) is 0. The summed E-state index contributed by atoms with van der Waals surface area (Å²) in [5.41, 5.74) is 3.18. The van der Waals surface area contributed by atoms with E-state index < -0.39 is 0 Å². The number of fused-ring (bicyclic) bond motifs is 1. The molecule has 1 saturated heterocycles. The van der Waals surface area contributed by atoms with Crippen LogP contribution in [0.3, 0.4) is 0 Å². The largest absolute Gasteiger partial charge is 0.368 e. The molecular formula is C17H20N6. The van der Waals surface area contributed by atoms with Gasteiger partial charge in [-0.15, -0.1) is 0 Å². The number of hydrogen-bond acceptors (Lipinski definition) is 5. The minimum Gasteiger partial charge on any atom is -0.368 e. The van der Waals surface area contributed by atoms with E-state index in [1.165, 1.54) is 5.69 Å². The maximum atomic E-state index is 4.55. The third kappa shape index (κ3) is 2.40. The lowest BCUT2D eigenvalue weighted by Gasteiger charge is -2.36. The summed E-state index contributed by atoms with van der Waals surface area (Å²) in [6, 6.07) is 10.6. The Morgan fingerprint density at radius 3 is 2.35 bits per heavy atom. The molecule has 0 bridgehead atoms. The van der Waals surface area contributed by atoms with Gasteiger partial charge in [0.25, 0.3) is 0 Å². The zero-order chi connectivity index (χ0) is 15.8. The third-order valence-electron chi connectivity index (χ3n) is 4.48. The van der Waals surface area contributed by atoms with Crippen molar-refractivity contribution in [2.75, 3.05) is 36.0 Å². The summed E-state index contributed by atoms with van der Waals surface area (Å²) in [5, 5.41) is 5.56. The highest BCUT2D eigenvalue weighted by molar-refractivity contribution is 5.89. The number of anilines is 2. The van der Waals surface area contributed by atoms with Crippen LogP contribution in [0.2, 0.25) is 0 Å². The van der Waals surface area contributed by atoms with Gasteiger partial charge < -0.3 is 9.80 Å². The molecule has 0 spiro atoms. The lowest BCUT2D eigenvalue weighted by molar-refractivity contribution is 0.649. The van der Waals surface area contributed by atoms with Gasteiger partial charge in [-0.05, 0) is 19.1 Å². The summed E-state index contributed by atoms with van der Waals surface area (Å²) in [7, 11) is 1.93. The predicted octanol–water partition coefficient (Wildman–Crippen LogP) is 2.00. The Morgan fingerprint density at radius 2 is 1.61 bits per heavy atom. The van der Waals surface area contributed by atoms with E-state index in [0.717, 1.165) is 48.7 Å². The highest BCUT2D eigenvalue weighted by atomic mass is 15.3. The van der Waals surface area contributed by atoms with Crippen LogP contribution in [0.25, 0.3) is 11.0 Å². The van der Waals surface area contributed by atoms with Crippen LogP contribution >= 0.6 is 0 Å². The monoisotopic (exact) mass is 308 g/mol. The lowest BCUT2D eigenvalue weighted by Crippen LogP contribution is -2.46. The molecule has 3 aromatic rings. The molecule has 1 aliphatic rings. The molecule has 0 atom stereocenters. The predicted molar refractivity (Wildman–Crippen MR) is 91.9 cm³/mol. The van der Waals surface area contributed by atoms with E-state index in [9.17, 15) is 0 Å². The maximum absolute atomic E-state index is 4.55. The zero-order valence-corrected chi connectivity index (χ0v) is 13.5. The Labute approximate surface area is 135 Å². The van der Waals surface area contributed by atoms with E-state index in [4.69, 9.17) is 0 Å². The topological polar surface area (TPSA) is 50.1 Å². The van der Waals surface area contributed by atoms with E-state index >= 15 is 0 Å². The van der Waals surface area contributed by atoms with Crippen molar-refractivity contribution >= 4 is 22.5 Å². The Morgan fingerprint density at radius 1 is 0.913 bits per heavy atom. The van der Waals surface area contributed by atoms with Gasteiger partial charge in [-0.25, -0.2) is 9.97 Å². The number of nitrogens with zero attached hydrogens (tertiary/aromatic N) is 6. The number of para-hydroxylation sites is 1. The Bertz CT molecular complexity index is 818. The van der Waals surface area contributed by atoms with Crippen molar-refractivity contribution in [1.82, 2.24) is 19.7 Å². The number of aromatic nitrogens is 4. The van der Waals surface area contributed by atoms with Gasteiger partial charge in [0.15, 0.2) is 5.65 Å². The summed E-state index contributed by atoms with van der Waals surface area (Å²) < 4.78 is 1.83. The molecule has 0 unspecified atom stereocenters. The molecule has 6 heteroatoms. The van der Waals surface area contributed by atoms with Crippen LogP contribution in [-0.2, 0) is 7.05 Å². The van der Waals surface area contributed by atoms with Gasteiger partial charge in [0.2, 0.25) is 0 Å². The molecule has 118 valence electrons. The minimum atomic E-state index is 0.901. The zero-order valence-electron chi connectivity index (χ0n) is 13.5. The molecule has 1 aliphatic heterocycles. The van der Waals surface area contributed by atoms with Crippen molar-refractivity contribution in [3.8, 4) is 0 Å². The first-order valence-corrected chi connectivity index (χ1v) is 7.93. The minimum absolute atomic E-state index is 0.901. The summed E-state index contributed by atoms with van der Waals surface area (Å²) >= 11 is 0. The molecule has 6 nitrogen and oxygen atoms in total. The molecule has 1 aromatic carbocycles. The van der Waals surface area contributed by atoms with Gasteiger partial charge in [-0.3, -0.25) is 4.68 Å². The van der Waals surface area contributed by atoms with E-state index in [-0.39, 0.29) is 0 Å². The van der Waals surface area contributed by atoms with Crippen molar-refractivity contribution in [3.05, 3.63) is 42.4 Å². The molecule has 0 radical (unpaired) electrons. The quantitative estimate of drug-likeness (QED) is 0.725. The van der Waals surface area contributed by atoms with Crippen LogP contribution in [0.4, 0.5) is 11.5 Å². The summed E-state index contributed by atoms with van der Waals surface area (Å²) in [6.07, 6.45) is 1.64. The number of benzene rings is 1. The number of rotatable bonds is 2. The molecular weight excluding hydrogens is 288 g/mol. The van der Waals surface area contributed by atoms with Gasteiger partial charge in [0.05, 0.1) is 11.1 Å². The van der Waals surface area contributed by atoms with Crippen molar-refractivity contribution in [2.24, 2.45) is 7.05 Å². The first-order valence-electron chi connectivity index (χ1n) is 7.93. The molecule has 0 N–H and O–H groups in total. The second-order valence-corrected chi connectivity index (χ2v) is 5.91. The number of aryl methyl sites for hydroxylation is 2. The fourth-order valence-corrected chi connectivity index (χ4v) is 3.31. The lowest BCUT2D eigenvalue weighted by atomic mass is 10.2.